The zero-order valence-electron chi connectivity index (χ0n) is 15.0. The molecule has 156 valence electrons. The molecule has 2 amide bonds. The zero-order valence-corrected chi connectivity index (χ0v) is 15.8. The van der Waals surface area contributed by atoms with E-state index in [1.807, 2.05) is 0 Å². The Morgan fingerprint density at radius 3 is 2.14 bits per heavy atom. The van der Waals surface area contributed by atoms with Gasteiger partial charge in [0.2, 0.25) is 0 Å². The summed E-state index contributed by atoms with van der Waals surface area (Å²) in [5, 5.41) is 2.16. The fourth-order valence-electron chi connectivity index (χ4n) is 2.36. The van der Waals surface area contributed by atoms with Crippen molar-refractivity contribution in [3.63, 3.8) is 0 Å². The first-order chi connectivity index (χ1) is 13.4. The minimum absolute atomic E-state index is 0.356. The molecule has 29 heavy (non-hydrogen) atoms. The fourth-order valence-corrected chi connectivity index (χ4v) is 2.93. The third kappa shape index (κ3) is 5.66. The van der Waals surface area contributed by atoms with Crippen molar-refractivity contribution in [1.29, 1.82) is 0 Å². The van der Waals surface area contributed by atoms with Crippen LogP contribution in [0.1, 0.15) is 17.3 Å². The summed E-state index contributed by atoms with van der Waals surface area (Å²) in [5.41, 5.74) is -5.79. The standard InChI is InChI=1S/C18H14F6N2O2S/c1-9(16(27)15-11(19)4-3-5-12(15)20)25-17(28)26(2)14-7-6-10(8-13(14)21)29-18(22,23)24/h3-9H,1-2H3,(H,25,28). The molecule has 0 aliphatic carbocycles. The quantitative estimate of drug-likeness (QED) is 0.402. The number of ketones is 1. The Hall–Kier alpha value is -2.69. The number of amides is 2. The van der Waals surface area contributed by atoms with Crippen molar-refractivity contribution in [2.75, 3.05) is 11.9 Å². The highest BCUT2D eigenvalue weighted by Gasteiger charge is 2.30. The summed E-state index contributed by atoms with van der Waals surface area (Å²) in [6.07, 6.45) is 0. The van der Waals surface area contributed by atoms with Crippen molar-refractivity contribution in [3.05, 3.63) is 59.4 Å². The number of alkyl halides is 3. The van der Waals surface area contributed by atoms with Gasteiger partial charge in [0.05, 0.1) is 17.3 Å². The lowest BCUT2D eigenvalue weighted by Gasteiger charge is -2.22. The minimum atomic E-state index is -4.60. The Balaban J connectivity index is 2.13. The van der Waals surface area contributed by atoms with Gasteiger partial charge in [-0.15, -0.1) is 0 Å². The van der Waals surface area contributed by atoms with Crippen LogP contribution >= 0.6 is 11.8 Å². The van der Waals surface area contributed by atoms with E-state index >= 15 is 0 Å². The average molecular weight is 436 g/mol. The molecular weight excluding hydrogens is 422 g/mol. The van der Waals surface area contributed by atoms with Crippen molar-refractivity contribution in [2.24, 2.45) is 0 Å². The van der Waals surface area contributed by atoms with Gasteiger partial charge in [0.25, 0.3) is 0 Å². The van der Waals surface area contributed by atoms with Crippen LogP contribution in [-0.2, 0) is 0 Å². The first-order valence-corrected chi connectivity index (χ1v) is 8.80. The molecule has 2 aromatic rings. The van der Waals surface area contributed by atoms with Gasteiger partial charge in [-0.1, -0.05) is 6.07 Å². The molecule has 2 aromatic carbocycles. The van der Waals surface area contributed by atoms with Crippen molar-refractivity contribution < 1.29 is 35.9 Å². The fraction of sp³-hybridized carbons (Fsp3) is 0.222. The molecule has 0 aromatic heterocycles. The Labute approximate surface area is 165 Å². The minimum Gasteiger partial charge on any atom is -0.328 e. The lowest BCUT2D eigenvalue weighted by Crippen LogP contribution is -2.46. The molecule has 4 nitrogen and oxygen atoms in total. The molecular formula is C18H14F6N2O2S. The molecule has 0 spiro atoms. The van der Waals surface area contributed by atoms with E-state index in [1.54, 1.807) is 0 Å². The van der Waals surface area contributed by atoms with Gasteiger partial charge >= 0.3 is 11.5 Å². The number of carbonyl (C=O) groups is 2. The topological polar surface area (TPSA) is 49.4 Å². The number of nitrogens with one attached hydrogen (secondary N) is 1. The Morgan fingerprint density at radius 1 is 1.03 bits per heavy atom. The number of carbonyl (C=O) groups excluding carboxylic acids is 2. The van der Waals surface area contributed by atoms with E-state index in [9.17, 15) is 35.9 Å². The normalized spacial score (nSPS) is 12.4. The van der Waals surface area contributed by atoms with Gasteiger partial charge in [0, 0.05) is 11.9 Å². The Bertz CT molecular complexity index is 915. The largest absolute Gasteiger partial charge is 0.446 e. The molecule has 0 saturated carbocycles. The number of Topliss-reactive ketones (excluding diaryl/α,β-unsaturated/α-hetero) is 1. The van der Waals surface area contributed by atoms with E-state index in [0.29, 0.717) is 6.07 Å². The van der Waals surface area contributed by atoms with E-state index in [4.69, 9.17) is 0 Å². The van der Waals surface area contributed by atoms with Crippen LogP contribution in [0.5, 0.6) is 0 Å². The van der Waals surface area contributed by atoms with E-state index in [1.165, 1.54) is 6.92 Å². The maximum absolute atomic E-state index is 14.1. The van der Waals surface area contributed by atoms with Gasteiger partial charge < -0.3 is 5.32 Å². The number of benzene rings is 2. The number of rotatable bonds is 5. The number of thioether (sulfide) groups is 1. The SMILES string of the molecule is CC(NC(=O)N(C)c1ccc(SC(F)(F)F)cc1F)C(=O)c1c(F)cccc1F. The molecule has 11 heteroatoms. The lowest BCUT2D eigenvalue weighted by molar-refractivity contribution is -0.0328. The highest BCUT2D eigenvalue weighted by molar-refractivity contribution is 8.00. The molecule has 0 aliphatic heterocycles. The van der Waals surface area contributed by atoms with Crippen LogP contribution in [0.4, 0.5) is 36.8 Å². The first kappa shape index (κ1) is 22.6. The monoisotopic (exact) mass is 436 g/mol. The molecule has 0 aliphatic rings. The van der Waals surface area contributed by atoms with E-state index in [2.05, 4.69) is 5.32 Å². The van der Waals surface area contributed by atoms with Crippen LogP contribution in [0.2, 0.25) is 0 Å². The van der Waals surface area contributed by atoms with Crippen molar-refractivity contribution in [3.8, 4) is 0 Å². The van der Waals surface area contributed by atoms with Crippen LogP contribution < -0.4 is 10.2 Å². The molecule has 0 heterocycles. The summed E-state index contributed by atoms with van der Waals surface area (Å²) in [5.74, 6) is -4.35. The predicted molar refractivity (Wildman–Crippen MR) is 95.4 cm³/mol. The Kier molecular flexibility index (Phi) is 6.83. The molecule has 0 fully saturated rings. The van der Waals surface area contributed by atoms with Crippen LogP contribution in [-0.4, -0.2) is 30.4 Å². The van der Waals surface area contributed by atoms with Crippen LogP contribution in [0, 0.1) is 17.5 Å². The highest BCUT2D eigenvalue weighted by atomic mass is 32.2. The summed E-state index contributed by atoms with van der Waals surface area (Å²) in [6, 6.07) is 3.02. The van der Waals surface area contributed by atoms with E-state index in [0.717, 1.165) is 42.3 Å². The second-order valence-corrected chi connectivity index (χ2v) is 6.99. The van der Waals surface area contributed by atoms with Crippen LogP contribution in [0.25, 0.3) is 0 Å². The van der Waals surface area contributed by atoms with Gasteiger partial charge in [-0.2, -0.15) is 13.2 Å². The number of urea groups is 1. The summed E-state index contributed by atoms with van der Waals surface area (Å²) >= 11 is -0.516. The number of nitrogens with zero attached hydrogens (tertiary/aromatic N) is 1. The number of anilines is 1. The number of halogens is 6. The van der Waals surface area contributed by atoms with Crippen molar-refractivity contribution in [2.45, 2.75) is 23.4 Å². The van der Waals surface area contributed by atoms with Crippen LogP contribution in [0.15, 0.2) is 41.3 Å². The second-order valence-electron chi connectivity index (χ2n) is 5.85. The van der Waals surface area contributed by atoms with Gasteiger partial charge in [0.15, 0.2) is 5.78 Å². The molecule has 1 unspecified atom stereocenters. The summed E-state index contributed by atoms with van der Waals surface area (Å²) in [7, 11) is 1.12. The number of hydrogen-bond acceptors (Lipinski definition) is 3. The summed E-state index contributed by atoms with van der Waals surface area (Å²) in [6.45, 7) is 1.18. The molecule has 1 atom stereocenters. The van der Waals surface area contributed by atoms with Gasteiger partial charge in [-0.3, -0.25) is 9.69 Å². The third-order valence-corrected chi connectivity index (χ3v) is 4.48. The predicted octanol–water partition coefficient (Wildman–Crippen LogP) is 5.13. The van der Waals surface area contributed by atoms with E-state index in [-0.39, 0.29) is 5.69 Å². The zero-order chi connectivity index (χ0) is 21.9. The highest BCUT2D eigenvalue weighted by Crippen LogP contribution is 2.38. The molecule has 0 bridgehead atoms. The molecule has 0 saturated heterocycles. The lowest BCUT2D eigenvalue weighted by atomic mass is 10.0. The maximum Gasteiger partial charge on any atom is 0.446 e. The van der Waals surface area contributed by atoms with Crippen molar-refractivity contribution >= 4 is 29.3 Å². The van der Waals surface area contributed by atoms with Crippen LogP contribution in [0.3, 0.4) is 0 Å². The summed E-state index contributed by atoms with van der Waals surface area (Å²) < 4.78 is 78.6. The second kappa shape index (κ2) is 8.76. The molecule has 1 N–H and O–H groups in total. The van der Waals surface area contributed by atoms with Crippen molar-refractivity contribution in [1.82, 2.24) is 5.32 Å². The average Bonchev–Trinajstić information content (AvgIpc) is 2.59. The smallest absolute Gasteiger partial charge is 0.328 e. The maximum atomic E-state index is 14.1. The Morgan fingerprint density at radius 2 is 1.62 bits per heavy atom. The third-order valence-electron chi connectivity index (χ3n) is 3.76. The molecule has 0 radical (unpaired) electrons. The van der Waals surface area contributed by atoms with Gasteiger partial charge in [-0.05, 0) is 49.0 Å². The van der Waals surface area contributed by atoms with E-state index < -0.39 is 63.0 Å². The molecule has 2 rings (SSSR count). The van der Waals surface area contributed by atoms with Gasteiger partial charge in [-0.25, -0.2) is 18.0 Å². The summed E-state index contributed by atoms with van der Waals surface area (Å²) in [4.78, 5) is 24.8. The number of hydrogen-bond donors (Lipinski definition) is 1. The van der Waals surface area contributed by atoms with Gasteiger partial charge in [0.1, 0.15) is 17.5 Å². The first-order valence-electron chi connectivity index (χ1n) is 7.98.